The van der Waals surface area contributed by atoms with Gasteiger partial charge in [-0.1, -0.05) is 0 Å². The van der Waals surface area contributed by atoms with Crippen molar-refractivity contribution in [3.8, 4) is 6.07 Å². The van der Waals surface area contributed by atoms with Crippen LogP contribution in [0.15, 0.2) is 29.2 Å². The summed E-state index contributed by atoms with van der Waals surface area (Å²) in [6.45, 7) is 0. The largest absolute Gasteiger partial charge is 0.352 e. The molecule has 0 amide bonds. The van der Waals surface area contributed by atoms with Gasteiger partial charge in [-0.2, -0.15) is 5.26 Å². The second-order valence-corrected chi connectivity index (χ2v) is 7.15. The molecule has 0 fully saturated rings. The van der Waals surface area contributed by atoms with Crippen LogP contribution in [-0.4, -0.2) is 26.8 Å². The molecular formula is C15H11F4N3O2S. The van der Waals surface area contributed by atoms with Crippen LogP contribution in [0.5, 0.6) is 0 Å². The molecule has 5 nitrogen and oxygen atoms in total. The molecule has 0 radical (unpaired) electrons. The van der Waals surface area contributed by atoms with Gasteiger partial charge in [0.05, 0.1) is 11.6 Å². The molecule has 0 aliphatic carbocycles. The molecule has 0 saturated heterocycles. The third kappa shape index (κ3) is 3.29. The van der Waals surface area contributed by atoms with Gasteiger partial charge in [-0.25, -0.2) is 30.3 Å². The van der Waals surface area contributed by atoms with Gasteiger partial charge in [0, 0.05) is 19.8 Å². The van der Waals surface area contributed by atoms with Crippen LogP contribution in [0, 0.1) is 34.6 Å². The SMILES string of the molecule is CN(C)S(=O)(=O)c1c(F)c(F)c(F)c(F)c1Nc1ccc(C#N)cc1. The normalized spacial score (nSPS) is 11.4. The third-order valence-corrected chi connectivity index (χ3v) is 5.11. The number of sulfonamides is 1. The Morgan fingerprint density at radius 1 is 0.960 bits per heavy atom. The molecule has 0 atom stereocenters. The van der Waals surface area contributed by atoms with Crippen molar-refractivity contribution in [3.05, 3.63) is 53.1 Å². The molecule has 10 heteroatoms. The number of nitriles is 1. The van der Waals surface area contributed by atoms with Crippen LogP contribution < -0.4 is 5.32 Å². The highest BCUT2D eigenvalue weighted by Gasteiger charge is 2.34. The van der Waals surface area contributed by atoms with Gasteiger partial charge < -0.3 is 5.32 Å². The van der Waals surface area contributed by atoms with Gasteiger partial charge >= 0.3 is 0 Å². The number of nitrogens with zero attached hydrogens (tertiary/aromatic N) is 2. The number of hydrogen-bond donors (Lipinski definition) is 1. The first kappa shape index (κ1) is 18.7. The Morgan fingerprint density at radius 3 is 1.96 bits per heavy atom. The summed E-state index contributed by atoms with van der Waals surface area (Å²) in [5.74, 6) is -8.30. The summed E-state index contributed by atoms with van der Waals surface area (Å²) in [7, 11) is -2.58. The van der Waals surface area contributed by atoms with Crippen LogP contribution in [0.1, 0.15) is 5.56 Å². The van der Waals surface area contributed by atoms with Crippen molar-refractivity contribution in [2.24, 2.45) is 0 Å². The Labute approximate surface area is 141 Å². The molecule has 0 aliphatic rings. The van der Waals surface area contributed by atoms with Gasteiger partial charge in [-0.15, -0.1) is 0 Å². The van der Waals surface area contributed by atoms with Crippen LogP contribution in [-0.2, 0) is 10.0 Å². The van der Waals surface area contributed by atoms with Crippen molar-refractivity contribution in [1.82, 2.24) is 4.31 Å². The fraction of sp³-hybridized carbons (Fsp3) is 0.133. The summed E-state index contributed by atoms with van der Waals surface area (Å²) < 4.78 is 80.3. The van der Waals surface area contributed by atoms with E-state index in [2.05, 4.69) is 5.32 Å². The molecule has 0 aliphatic heterocycles. The Kier molecular flexibility index (Phi) is 5.01. The lowest BCUT2D eigenvalue weighted by atomic mass is 10.2. The lowest BCUT2D eigenvalue weighted by molar-refractivity contribution is 0.396. The topological polar surface area (TPSA) is 73.2 Å². The number of anilines is 2. The Balaban J connectivity index is 2.73. The summed E-state index contributed by atoms with van der Waals surface area (Å²) in [6.07, 6.45) is 0. The van der Waals surface area contributed by atoms with Crippen LogP contribution in [0.3, 0.4) is 0 Å². The predicted molar refractivity (Wildman–Crippen MR) is 81.6 cm³/mol. The van der Waals surface area contributed by atoms with Crippen LogP contribution in [0.25, 0.3) is 0 Å². The number of benzene rings is 2. The average molecular weight is 373 g/mol. The number of hydrogen-bond acceptors (Lipinski definition) is 4. The minimum atomic E-state index is -4.64. The van der Waals surface area contributed by atoms with E-state index < -0.39 is 43.9 Å². The summed E-state index contributed by atoms with van der Waals surface area (Å²) in [5, 5.41) is 10.9. The minimum absolute atomic E-state index is 0.0403. The Morgan fingerprint density at radius 2 is 1.48 bits per heavy atom. The van der Waals surface area contributed by atoms with E-state index in [1.54, 1.807) is 0 Å². The van der Waals surface area contributed by atoms with Crippen molar-refractivity contribution in [3.63, 3.8) is 0 Å². The average Bonchev–Trinajstić information content (AvgIpc) is 2.58. The van der Waals surface area contributed by atoms with Crippen molar-refractivity contribution < 1.29 is 26.0 Å². The summed E-state index contributed by atoms with van der Waals surface area (Å²) >= 11 is 0. The number of rotatable bonds is 4. The molecular weight excluding hydrogens is 362 g/mol. The maximum absolute atomic E-state index is 14.1. The summed E-state index contributed by atoms with van der Waals surface area (Å²) in [5.41, 5.74) is -0.781. The maximum Gasteiger partial charge on any atom is 0.247 e. The molecule has 0 heterocycles. The van der Waals surface area contributed by atoms with Gasteiger partial charge in [0.2, 0.25) is 10.0 Å². The van der Waals surface area contributed by atoms with Crippen molar-refractivity contribution in [2.75, 3.05) is 19.4 Å². The first-order chi connectivity index (χ1) is 11.6. The van der Waals surface area contributed by atoms with Gasteiger partial charge in [0.1, 0.15) is 10.6 Å². The van der Waals surface area contributed by atoms with Crippen LogP contribution in [0.2, 0.25) is 0 Å². The summed E-state index contributed by atoms with van der Waals surface area (Å²) in [4.78, 5) is -1.36. The second-order valence-electron chi connectivity index (χ2n) is 5.06. The van der Waals surface area contributed by atoms with Crippen molar-refractivity contribution in [1.29, 1.82) is 5.26 Å². The highest BCUT2D eigenvalue weighted by Crippen LogP contribution is 2.35. The van der Waals surface area contributed by atoms with E-state index in [1.807, 2.05) is 6.07 Å². The Bertz CT molecular complexity index is 968. The first-order valence-electron chi connectivity index (χ1n) is 6.67. The van der Waals surface area contributed by atoms with E-state index in [9.17, 15) is 26.0 Å². The lowest BCUT2D eigenvalue weighted by Gasteiger charge is -2.18. The van der Waals surface area contributed by atoms with E-state index in [0.29, 0.717) is 4.31 Å². The molecule has 0 spiro atoms. The van der Waals surface area contributed by atoms with E-state index in [1.165, 1.54) is 24.3 Å². The van der Waals surface area contributed by atoms with E-state index in [-0.39, 0.29) is 11.3 Å². The molecule has 0 aromatic heterocycles. The van der Waals surface area contributed by atoms with Gasteiger partial charge in [-0.05, 0) is 24.3 Å². The molecule has 2 aromatic carbocycles. The fourth-order valence-electron chi connectivity index (χ4n) is 1.92. The summed E-state index contributed by atoms with van der Waals surface area (Å²) in [6, 6.07) is 7.00. The zero-order chi connectivity index (χ0) is 18.9. The zero-order valence-corrected chi connectivity index (χ0v) is 13.8. The number of nitrogens with one attached hydrogen (secondary N) is 1. The predicted octanol–water partition coefficient (Wildman–Crippen LogP) is 3.11. The van der Waals surface area contributed by atoms with Gasteiger partial charge in [0.15, 0.2) is 23.3 Å². The van der Waals surface area contributed by atoms with Crippen LogP contribution in [0.4, 0.5) is 28.9 Å². The molecule has 0 bridgehead atoms. The quantitative estimate of drug-likeness (QED) is 0.508. The molecule has 0 saturated carbocycles. The smallest absolute Gasteiger partial charge is 0.247 e. The van der Waals surface area contributed by atoms with E-state index in [4.69, 9.17) is 5.26 Å². The molecule has 0 unspecified atom stereocenters. The van der Waals surface area contributed by atoms with Gasteiger partial charge in [-0.3, -0.25) is 0 Å². The number of halogens is 4. The minimum Gasteiger partial charge on any atom is -0.352 e. The fourth-order valence-corrected chi connectivity index (χ4v) is 3.00. The highest BCUT2D eigenvalue weighted by molar-refractivity contribution is 7.89. The zero-order valence-electron chi connectivity index (χ0n) is 12.9. The molecule has 25 heavy (non-hydrogen) atoms. The lowest BCUT2D eigenvalue weighted by Crippen LogP contribution is -2.25. The first-order valence-corrected chi connectivity index (χ1v) is 8.11. The van der Waals surface area contributed by atoms with Crippen molar-refractivity contribution in [2.45, 2.75) is 4.90 Å². The van der Waals surface area contributed by atoms with E-state index in [0.717, 1.165) is 14.1 Å². The van der Waals surface area contributed by atoms with Crippen molar-refractivity contribution >= 4 is 21.4 Å². The molecule has 1 N–H and O–H groups in total. The molecule has 132 valence electrons. The van der Waals surface area contributed by atoms with Gasteiger partial charge in [0.25, 0.3) is 0 Å². The standard InChI is InChI=1S/C15H11F4N3O2S/c1-22(2)25(23,24)15-13(19)11(17)10(16)12(18)14(15)21-9-5-3-8(7-20)4-6-9/h3-6,21H,1-2H3. The monoisotopic (exact) mass is 373 g/mol. The molecule has 2 aromatic rings. The third-order valence-electron chi connectivity index (χ3n) is 3.25. The maximum atomic E-state index is 14.1. The van der Waals surface area contributed by atoms with E-state index >= 15 is 0 Å². The van der Waals surface area contributed by atoms with Crippen LogP contribution >= 0.6 is 0 Å². The second kappa shape index (κ2) is 6.70. The Hall–Kier alpha value is -2.64. The molecule has 2 rings (SSSR count). The highest BCUT2D eigenvalue weighted by atomic mass is 32.2.